The molecule has 0 aliphatic heterocycles. The van der Waals surface area contributed by atoms with Crippen LogP contribution in [-0.2, 0) is 6.54 Å². The van der Waals surface area contributed by atoms with Crippen molar-refractivity contribution in [3.05, 3.63) is 88.4 Å². The van der Waals surface area contributed by atoms with E-state index in [9.17, 15) is 0 Å². The molecule has 0 fully saturated rings. The van der Waals surface area contributed by atoms with Crippen LogP contribution in [0.2, 0.25) is 10.0 Å². The van der Waals surface area contributed by atoms with Gasteiger partial charge < -0.3 is 4.57 Å². The topological polar surface area (TPSA) is 17.8 Å². The van der Waals surface area contributed by atoms with Crippen LogP contribution in [0.3, 0.4) is 0 Å². The quantitative estimate of drug-likeness (QED) is 0.438. The predicted octanol–water partition coefficient (Wildman–Crippen LogP) is 6.06. The average Bonchev–Trinajstić information content (AvgIpc) is 2.98. The van der Waals surface area contributed by atoms with Gasteiger partial charge in [-0.1, -0.05) is 71.7 Å². The van der Waals surface area contributed by atoms with Crippen LogP contribution in [0.5, 0.6) is 0 Å². The van der Waals surface area contributed by atoms with E-state index in [2.05, 4.69) is 22.8 Å². The maximum atomic E-state index is 6.38. The molecule has 0 bridgehead atoms. The second kappa shape index (κ2) is 6.31. The second-order valence-electron chi connectivity index (χ2n) is 5.58. The van der Waals surface area contributed by atoms with E-state index in [1.807, 2.05) is 54.6 Å². The summed E-state index contributed by atoms with van der Waals surface area (Å²) < 4.78 is 2.16. The first kappa shape index (κ1) is 15.3. The van der Waals surface area contributed by atoms with E-state index in [0.717, 1.165) is 28.0 Å². The predicted molar refractivity (Wildman–Crippen MR) is 101 cm³/mol. The van der Waals surface area contributed by atoms with Crippen LogP contribution in [0.4, 0.5) is 0 Å². The number of nitrogens with zero attached hydrogens (tertiary/aromatic N) is 2. The van der Waals surface area contributed by atoms with Gasteiger partial charge in [-0.15, -0.1) is 0 Å². The standard InChI is InChI=1S/C20H14Cl2N2/c21-16-9-6-10-17(22)15(16)13-24-19-12-5-4-11-18(19)23-20(24)14-7-2-1-3-8-14/h1-12H,13H2. The van der Waals surface area contributed by atoms with Crippen molar-refractivity contribution in [3.63, 3.8) is 0 Å². The molecule has 0 N–H and O–H groups in total. The monoisotopic (exact) mass is 352 g/mol. The highest BCUT2D eigenvalue weighted by Gasteiger charge is 2.15. The molecule has 0 spiro atoms. The maximum Gasteiger partial charge on any atom is 0.141 e. The molecule has 0 atom stereocenters. The molecular formula is C20H14Cl2N2. The van der Waals surface area contributed by atoms with E-state index >= 15 is 0 Å². The summed E-state index contributed by atoms with van der Waals surface area (Å²) >= 11 is 12.8. The number of aromatic nitrogens is 2. The molecule has 1 heterocycles. The summed E-state index contributed by atoms with van der Waals surface area (Å²) in [6.45, 7) is 0.573. The number of halogens is 2. The summed E-state index contributed by atoms with van der Waals surface area (Å²) in [7, 11) is 0. The smallest absolute Gasteiger partial charge is 0.141 e. The van der Waals surface area contributed by atoms with Crippen LogP contribution in [0, 0.1) is 0 Å². The van der Waals surface area contributed by atoms with Crippen molar-refractivity contribution < 1.29 is 0 Å². The van der Waals surface area contributed by atoms with Crippen LogP contribution in [0.1, 0.15) is 5.56 Å². The van der Waals surface area contributed by atoms with Crippen LogP contribution in [0.15, 0.2) is 72.8 Å². The Bertz CT molecular complexity index is 987. The van der Waals surface area contributed by atoms with Gasteiger partial charge in [0.05, 0.1) is 17.6 Å². The molecule has 0 saturated heterocycles. The molecule has 1 aromatic heterocycles. The Morgan fingerprint density at radius 2 is 1.42 bits per heavy atom. The Labute approximate surface area is 150 Å². The van der Waals surface area contributed by atoms with E-state index in [-0.39, 0.29) is 0 Å². The fourth-order valence-corrected chi connectivity index (χ4v) is 3.40. The van der Waals surface area contributed by atoms with Crippen molar-refractivity contribution in [3.8, 4) is 11.4 Å². The third-order valence-corrected chi connectivity index (χ3v) is 4.77. The van der Waals surface area contributed by atoms with Gasteiger partial charge in [0.1, 0.15) is 5.82 Å². The van der Waals surface area contributed by atoms with E-state index in [4.69, 9.17) is 28.2 Å². The van der Waals surface area contributed by atoms with Crippen molar-refractivity contribution in [2.45, 2.75) is 6.54 Å². The SMILES string of the molecule is Clc1cccc(Cl)c1Cn1c(-c2ccccc2)nc2ccccc21. The van der Waals surface area contributed by atoms with Crippen molar-refractivity contribution in [1.82, 2.24) is 9.55 Å². The highest BCUT2D eigenvalue weighted by molar-refractivity contribution is 6.36. The summed E-state index contributed by atoms with van der Waals surface area (Å²) in [5.74, 6) is 0.910. The molecule has 0 aliphatic carbocycles. The lowest BCUT2D eigenvalue weighted by Crippen LogP contribution is -2.03. The Kier molecular flexibility index (Phi) is 4.01. The molecule has 0 aliphatic rings. The molecule has 3 aromatic carbocycles. The summed E-state index contributed by atoms with van der Waals surface area (Å²) in [5.41, 5.74) is 3.99. The first-order chi connectivity index (χ1) is 11.7. The zero-order chi connectivity index (χ0) is 16.5. The van der Waals surface area contributed by atoms with Gasteiger partial charge in [-0.05, 0) is 24.3 Å². The Hall–Kier alpha value is -2.29. The number of imidazole rings is 1. The van der Waals surface area contributed by atoms with Crippen LogP contribution < -0.4 is 0 Å². The summed E-state index contributed by atoms with van der Waals surface area (Å²) in [6, 6.07) is 23.8. The molecule has 4 heteroatoms. The molecule has 0 saturated carbocycles. The molecule has 24 heavy (non-hydrogen) atoms. The lowest BCUT2D eigenvalue weighted by Gasteiger charge is -2.12. The van der Waals surface area contributed by atoms with Gasteiger partial charge in [0.2, 0.25) is 0 Å². The van der Waals surface area contributed by atoms with Gasteiger partial charge in [0.15, 0.2) is 0 Å². The van der Waals surface area contributed by atoms with Gasteiger partial charge in [-0.25, -0.2) is 4.98 Å². The second-order valence-corrected chi connectivity index (χ2v) is 6.39. The minimum atomic E-state index is 0.573. The van der Waals surface area contributed by atoms with Crippen LogP contribution in [0.25, 0.3) is 22.4 Å². The molecule has 0 amide bonds. The van der Waals surface area contributed by atoms with Crippen molar-refractivity contribution in [2.24, 2.45) is 0 Å². The van der Waals surface area contributed by atoms with Gasteiger partial charge in [0, 0.05) is 21.2 Å². The van der Waals surface area contributed by atoms with E-state index < -0.39 is 0 Å². The van der Waals surface area contributed by atoms with Crippen LogP contribution in [-0.4, -0.2) is 9.55 Å². The van der Waals surface area contributed by atoms with E-state index in [1.165, 1.54) is 0 Å². The Morgan fingerprint density at radius 1 is 0.750 bits per heavy atom. The number of fused-ring (bicyclic) bond motifs is 1. The third-order valence-electron chi connectivity index (χ3n) is 4.06. The normalized spacial score (nSPS) is 11.1. The number of benzene rings is 3. The molecule has 4 aromatic rings. The maximum absolute atomic E-state index is 6.38. The highest BCUT2D eigenvalue weighted by Crippen LogP contribution is 2.30. The van der Waals surface area contributed by atoms with Crippen molar-refractivity contribution in [2.75, 3.05) is 0 Å². The molecule has 0 radical (unpaired) electrons. The van der Waals surface area contributed by atoms with Crippen molar-refractivity contribution >= 4 is 34.2 Å². The van der Waals surface area contributed by atoms with Crippen LogP contribution >= 0.6 is 23.2 Å². The number of rotatable bonds is 3. The zero-order valence-corrected chi connectivity index (χ0v) is 14.3. The molecule has 0 unspecified atom stereocenters. The summed E-state index contributed by atoms with van der Waals surface area (Å²) in [6.07, 6.45) is 0. The minimum absolute atomic E-state index is 0.573. The van der Waals surface area contributed by atoms with Gasteiger partial charge in [-0.2, -0.15) is 0 Å². The van der Waals surface area contributed by atoms with Gasteiger partial charge >= 0.3 is 0 Å². The number of para-hydroxylation sites is 2. The zero-order valence-electron chi connectivity index (χ0n) is 12.8. The van der Waals surface area contributed by atoms with E-state index in [1.54, 1.807) is 0 Å². The number of hydrogen-bond donors (Lipinski definition) is 0. The van der Waals surface area contributed by atoms with Gasteiger partial charge in [-0.3, -0.25) is 0 Å². The number of hydrogen-bond acceptors (Lipinski definition) is 1. The van der Waals surface area contributed by atoms with Crippen molar-refractivity contribution in [1.29, 1.82) is 0 Å². The fraction of sp³-hybridized carbons (Fsp3) is 0.0500. The lowest BCUT2D eigenvalue weighted by atomic mass is 10.2. The molecular weight excluding hydrogens is 339 g/mol. The summed E-state index contributed by atoms with van der Waals surface area (Å²) in [5, 5.41) is 1.33. The third kappa shape index (κ3) is 2.68. The molecule has 4 rings (SSSR count). The highest BCUT2D eigenvalue weighted by atomic mass is 35.5. The van der Waals surface area contributed by atoms with Gasteiger partial charge in [0.25, 0.3) is 0 Å². The first-order valence-electron chi connectivity index (χ1n) is 7.67. The summed E-state index contributed by atoms with van der Waals surface area (Å²) in [4.78, 5) is 4.82. The Morgan fingerprint density at radius 3 is 2.17 bits per heavy atom. The fourth-order valence-electron chi connectivity index (χ4n) is 2.88. The Balaban J connectivity index is 1.93. The largest absolute Gasteiger partial charge is 0.319 e. The lowest BCUT2D eigenvalue weighted by molar-refractivity contribution is 0.835. The average molecular weight is 353 g/mol. The first-order valence-corrected chi connectivity index (χ1v) is 8.43. The minimum Gasteiger partial charge on any atom is -0.319 e. The molecule has 118 valence electrons. The molecule has 2 nitrogen and oxygen atoms in total. The van der Waals surface area contributed by atoms with E-state index in [0.29, 0.717) is 16.6 Å².